The van der Waals surface area contributed by atoms with Gasteiger partial charge in [-0.2, -0.15) is 0 Å². The molecule has 4 nitrogen and oxygen atoms in total. The molecule has 1 aliphatic rings. The van der Waals surface area contributed by atoms with Gasteiger partial charge in [-0.15, -0.1) is 11.3 Å². The summed E-state index contributed by atoms with van der Waals surface area (Å²) in [4.78, 5) is 26.2. The van der Waals surface area contributed by atoms with Crippen LogP contribution in [0.3, 0.4) is 0 Å². The van der Waals surface area contributed by atoms with Crippen LogP contribution in [-0.4, -0.2) is 17.4 Å². The number of rotatable bonds is 5. The van der Waals surface area contributed by atoms with Gasteiger partial charge in [0.2, 0.25) is 5.91 Å². The first-order valence-corrected chi connectivity index (χ1v) is 8.47. The van der Waals surface area contributed by atoms with Gasteiger partial charge in [0.15, 0.2) is 0 Å². The number of fused-ring (bicyclic) bond motifs is 1. The zero-order chi connectivity index (χ0) is 15.6. The van der Waals surface area contributed by atoms with Gasteiger partial charge in [-0.1, -0.05) is 20.8 Å². The van der Waals surface area contributed by atoms with Crippen molar-refractivity contribution in [1.29, 1.82) is 0 Å². The van der Waals surface area contributed by atoms with Gasteiger partial charge >= 0.3 is 0 Å². The summed E-state index contributed by atoms with van der Waals surface area (Å²) in [5.41, 5.74) is 5.84. The molecule has 0 saturated carbocycles. The van der Waals surface area contributed by atoms with Crippen molar-refractivity contribution >= 4 is 23.2 Å². The highest BCUT2D eigenvalue weighted by molar-refractivity contribution is 7.14. The van der Waals surface area contributed by atoms with Crippen LogP contribution in [0.1, 0.15) is 60.1 Å². The molecule has 0 bridgehead atoms. The molecule has 2 amide bonds. The average Bonchev–Trinajstić information content (AvgIpc) is 2.87. The van der Waals surface area contributed by atoms with E-state index in [-0.39, 0.29) is 5.91 Å². The Hall–Kier alpha value is -1.36. The predicted octanol–water partition coefficient (Wildman–Crippen LogP) is 2.65. The van der Waals surface area contributed by atoms with E-state index < -0.39 is 11.4 Å². The van der Waals surface area contributed by atoms with E-state index in [4.69, 9.17) is 5.73 Å². The second-order valence-electron chi connectivity index (χ2n) is 6.01. The lowest BCUT2D eigenvalue weighted by molar-refractivity contribution is -0.124. The highest BCUT2D eigenvalue weighted by atomic mass is 32.1. The van der Waals surface area contributed by atoms with E-state index in [2.05, 4.69) is 12.2 Å². The monoisotopic (exact) mass is 308 g/mol. The fraction of sp³-hybridized carbons (Fsp3) is 0.625. The summed E-state index contributed by atoms with van der Waals surface area (Å²) >= 11 is 1.55. The highest BCUT2D eigenvalue weighted by Gasteiger charge is 2.35. The minimum absolute atomic E-state index is 0.176. The largest absolute Gasteiger partial charge is 0.368 e. The molecule has 1 atom stereocenters. The van der Waals surface area contributed by atoms with Gasteiger partial charge < -0.3 is 11.1 Å². The number of nitrogens with one attached hydrogen (secondary N) is 1. The molecule has 3 N–H and O–H groups in total. The molecule has 1 aromatic heterocycles. The summed E-state index contributed by atoms with van der Waals surface area (Å²) in [6.07, 6.45) is 4.29. The molecule has 0 aliphatic heterocycles. The second kappa shape index (κ2) is 6.18. The molecule has 0 unspecified atom stereocenters. The Balaban J connectivity index is 2.19. The number of amides is 2. The molecule has 0 fully saturated rings. The minimum Gasteiger partial charge on any atom is -0.368 e. The van der Waals surface area contributed by atoms with Crippen LogP contribution in [-0.2, 0) is 17.6 Å². The topological polar surface area (TPSA) is 72.2 Å². The first-order valence-electron chi connectivity index (χ1n) is 7.65. The quantitative estimate of drug-likeness (QED) is 0.877. The molecule has 1 aromatic rings. The van der Waals surface area contributed by atoms with Gasteiger partial charge in [0.05, 0.1) is 4.88 Å². The van der Waals surface area contributed by atoms with Crippen LogP contribution >= 0.6 is 11.3 Å². The van der Waals surface area contributed by atoms with Crippen molar-refractivity contribution in [2.24, 2.45) is 11.7 Å². The second-order valence-corrected chi connectivity index (χ2v) is 7.15. The van der Waals surface area contributed by atoms with Crippen LogP contribution in [0.25, 0.3) is 0 Å². The molecular formula is C16H24N2O2S. The molecule has 0 aromatic carbocycles. The number of hydrogen-bond acceptors (Lipinski definition) is 3. The Kier molecular flexibility index (Phi) is 4.71. The first-order chi connectivity index (χ1) is 9.91. The van der Waals surface area contributed by atoms with E-state index in [9.17, 15) is 9.59 Å². The molecule has 116 valence electrons. The molecule has 1 heterocycles. The van der Waals surface area contributed by atoms with Crippen molar-refractivity contribution in [2.45, 2.75) is 58.4 Å². The van der Waals surface area contributed by atoms with Crippen molar-refractivity contribution in [2.75, 3.05) is 0 Å². The lowest BCUT2D eigenvalue weighted by Crippen LogP contribution is -2.56. The average molecular weight is 308 g/mol. The van der Waals surface area contributed by atoms with E-state index in [0.29, 0.717) is 23.6 Å². The summed E-state index contributed by atoms with van der Waals surface area (Å²) in [7, 11) is 0. The van der Waals surface area contributed by atoms with E-state index in [1.54, 1.807) is 11.3 Å². The first kappa shape index (κ1) is 16.0. The summed E-state index contributed by atoms with van der Waals surface area (Å²) in [6.45, 7) is 5.98. The zero-order valence-corrected chi connectivity index (χ0v) is 13.8. The lowest BCUT2D eigenvalue weighted by atomic mass is 9.90. The molecule has 21 heavy (non-hydrogen) atoms. The number of thiophene rings is 1. The van der Waals surface area contributed by atoms with Crippen molar-refractivity contribution in [3.05, 3.63) is 21.4 Å². The third kappa shape index (κ3) is 3.12. The maximum Gasteiger partial charge on any atom is 0.262 e. The number of carbonyl (C=O) groups excluding carboxylic acids is 2. The van der Waals surface area contributed by atoms with Gasteiger partial charge in [-0.05, 0) is 49.7 Å². The zero-order valence-electron chi connectivity index (χ0n) is 13.0. The number of hydrogen-bond donors (Lipinski definition) is 2. The van der Waals surface area contributed by atoms with Crippen molar-refractivity contribution in [3.63, 3.8) is 0 Å². The van der Waals surface area contributed by atoms with Gasteiger partial charge in [-0.3, -0.25) is 9.59 Å². The van der Waals surface area contributed by atoms with Crippen LogP contribution in [0, 0.1) is 5.92 Å². The van der Waals surface area contributed by atoms with Gasteiger partial charge in [0.1, 0.15) is 5.54 Å². The third-order valence-corrected chi connectivity index (χ3v) is 5.82. The number of aryl methyl sites for hydroxylation is 1. The number of primary amides is 1. The highest BCUT2D eigenvalue weighted by Crippen LogP contribution is 2.32. The van der Waals surface area contributed by atoms with Crippen LogP contribution in [0.4, 0.5) is 0 Å². The Morgan fingerprint density at radius 3 is 2.67 bits per heavy atom. The summed E-state index contributed by atoms with van der Waals surface area (Å²) in [5, 5.41) is 2.86. The Bertz CT molecular complexity index is 546. The van der Waals surface area contributed by atoms with Gasteiger partial charge in [0.25, 0.3) is 5.91 Å². The Labute approximate surface area is 130 Å². The van der Waals surface area contributed by atoms with Crippen molar-refractivity contribution in [3.8, 4) is 0 Å². The van der Waals surface area contributed by atoms with E-state index in [1.165, 1.54) is 16.9 Å². The standard InChI is InChI=1S/C16H24N2O2S/c1-4-16(5-2,15(17)20)18-14(19)13-9-11-8-10(3)6-7-12(11)21-13/h9-10H,4-8H2,1-3H3,(H2,17,20)(H,18,19)/t10-/m0/s1. The Morgan fingerprint density at radius 1 is 1.43 bits per heavy atom. The third-order valence-electron chi connectivity index (χ3n) is 4.58. The summed E-state index contributed by atoms with van der Waals surface area (Å²) < 4.78 is 0. The number of nitrogens with two attached hydrogens (primary N) is 1. The fourth-order valence-electron chi connectivity index (χ4n) is 2.93. The van der Waals surface area contributed by atoms with Crippen LogP contribution in [0.2, 0.25) is 0 Å². The Morgan fingerprint density at radius 2 is 2.10 bits per heavy atom. The van der Waals surface area contributed by atoms with E-state index in [1.807, 2.05) is 19.9 Å². The maximum atomic E-state index is 12.5. The van der Waals surface area contributed by atoms with Crippen molar-refractivity contribution in [1.82, 2.24) is 5.32 Å². The van der Waals surface area contributed by atoms with Crippen molar-refractivity contribution < 1.29 is 9.59 Å². The molecule has 0 spiro atoms. The minimum atomic E-state index is -0.936. The van der Waals surface area contributed by atoms with E-state index >= 15 is 0 Å². The molecule has 0 radical (unpaired) electrons. The maximum absolute atomic E-state index is 12.5. The fourth-order valence-corrected chi connectivity index (χ4v) is 4.04. The molecule has 0 saturated heterocycles. The number of carbonyl (C=O) groups is 2. The molecule has 5 heteroatoms. The molecule has 1 aliphatic carbocycles. The predicted molar refractivity (Wildman–Crippen MR) is 85.5 cm³/mol. The van der Waals surface area contributed by atoms with Crippen LogP contribution in [0.5, 0.6) is 0 Å². The van der Waals surface area contributed by atoms with Crippen LogP contribution in [0.15, 0.2) is 6.07 Å². The van der Waals surface area contributed by atoms with Crippen LogP contribution < -0.4 is 11.1 Å². The summed E-state index contributed by atoms with van der Waals surface area (Å²) in [6, 6.07) is 1.99. The SMILES string of the molecule is CCC(CC)(NC(=O)c1cc2c(s1)CC[C@H](C)C2)C(N)=O. The van der Waals surface area contributed by atoms with Gasteiger partial charge in [-0.25, -0.2) is 0 Å². The summed E-state index contributed by atoms with van der Waals surface area (Å²) in [5.74, 6) is 0.0411. The smallest absolute Gasteiger partial charge is 0.262 e. The normalized spacial score (nSPS) is 18.1. The lowest BCUT2D eigenvalue weighted by Gasteiger charge is -2.28. The molecular weight excluding hydrogens is 284 g/mol. The molecule has 2 rings (SSSR count). The van der Waals surface area contributed by atoms with E-state index in [0.717, 1.165) is 12.8 Å². The van der Waals surface area contributed by atoms with Gasteiger partial charge in [0, 0.05) is 4.88 Å².